The highest BCUT2D eigenvalue weighted by Crippen LogP contribution is 2.24. The lowest BCUT2D eigenvalue weighted by Crippen LogP contribution is -2.11. The van der Waals surface area contributed by atoms with Crippen molar-refractivity contribution in [1.82, 2.24) is 14.8 Å². The largest absolute Gasteiger partial charge is 0.464 e. The molecule has 0 radical (unpaired) electrons. The first-order valence-electron chi connectivity index (χ1n) is 5.52. The molecule has 7 heteroatoms. The lowest BCUT2D eigenvalue weighted by molar-refractivity contribution is 0.0594. The number of aromatic nitrogens is 3. The lowest BCUT2D eigenvalue weighted by atomic mass is 10.3. The first-order chi connectivity index (χ1) is 8.95. The van der Waals surface area contributed by atoms with E-state index >= 15 is 0 Å². The van der Waals surface area contributed by atoms with Crippen LogP contribution in [0.4, 0.5) is 5.69 Å². The van der Waals surface area contributed by atoms with Crippen LogP contribution in [0.5, 0.6) is 0 Å². The van der Waals surface area contributed by atoms with Gasteiger partial charge in [-0.25, -0.2) is 14.5 Å². The number of carbonyl (C=O) groups excluding carboxylic acids is 1. The zero-order valence-corrected chi connectivity index (χ0v) is 12.4. The second-order valence-corrected chi connectivity index (χ2v) is 4.79. The number of esters is 1. The number of rotatable bonds is 2. The number of anilines is 1. The van der Waals surface area contributed by atoms with Gasteiger partial charge in [0.1, 0.15) is 0 Å². The first-order valence-corrected chi connectivity index (χ1v) is 6.32. The van der Waals surface area contributed by atoms with Crippen LogP contribution in [-0.2, 0) is 4.74 Å². The molecule has 0 aromatic carbocycles. The van der Waals surface area contributed by atoms with E-state index in [1.807, 2.05) is 13.8 Å². The standard InChI is InChI=1S/C12H13BrN4O2/c1-6-10(13)7(2)17(16-6)11-8(14)4-5-9(15-11)12(18)19-3/h4-5H,14H2,1-3H3. The Labute approximate surface area is 118 Å². The van der Waals surface area contributed by atoms with E-state index in [4.69, 9.17) is 5.73 Å². The monoisotopic (exact) mass is 324 g/mol. The Morgan fingerprint density at radius 1 is 1.42 bits per heavy atom. The minimum Gasteiger partial charge on any atom is -0.464 e. The van der Waals surface area contributed by atoms with E-state index in [1.165, 1.54) is 13.2 Å². The van der Waals surface area contributed by atoms with Gasteiger partial charge in [-0.2, -0.15) is 5.10 Å². The third-order valence-corrected chi connectivity index (χ3v) is 3.85. The van der Waals surface area contributed by atoms with Crippen LogP contribution >= 0.6 is 15.9 Å². The molecular weight excluding hydrogens is 312 g/mol. The molecule has 2 heterocycles. The van der Waals surface area contributed by atoms with Crippen molar-refractivity contribution in [2.24, 2.45) is 0 Å². The molecule has 0 fully saturated rings. The van der Waals surface area contributed by atoms with Crippen molar-refractivity contribution in [3.8, 4) is 5.82 Å². The van der Waals surface area contributed by atoms with E-state index in [2.05, 4.69) is 30.7 Å². The minimum atomic E-state index is -0.512. The summed E-state index contributed by atoms with van der Waals surface area (Å²) in [6.45, 7) is 3.75. The summed E-state index contributed by atoms with van der Waals surface area (Å²) in [5, 5.41) is 4.34. The molecule has 2 N–H and O–H groups in total. The molecule has 0 aliphatic rings. The summed E-state index contributed by atoms with van der Waals surface area (Å²) in [6, 6.07) is 3.13. The molecule has 0 bridgehead atoms. The van der Waals surface area contributed by atoms with Crippen molar-refractivity contribution in [2.45, 2.75) is 13.8 Å². The van der Waals surface area contributed by atoms with Gasteiger partial charge < -0.3 is 10.5 Å². The molecule has 100 valence electrons. The topological polar surface area (TPSA) is 83.0 Å². The van der Waals surface area contributed by atoms with Crippen molar-refractivity contribution in [3.63, 3.8) is 0 Å². The number of methoxy groups -OCH3 is 1. The van der Waals surface area contributed by atoms with Crippen LogP contribution in [0, 0.1) is 13.8 Å². The smallest absolute Gasteiger partial charge is 0.356 e. The molecule has 2 aromatic heterocycles. The van der Waals surface area contributed by atoms with Crippen molar-refractivity contribution < 1.29 is 9.53 Å². The van der Waals surface area contributed by atoms with E-state index in [-0.39, 0.29) is 5.69 Å². The molecule has 2 aromatic rings. The summed E-state index contributed by atoms with van der Waals surface area (Å²) in [4.78, 5) is 15.7. The highest BCUT2D eigenvalue weighted by molar-refractivity contribution is 9.10. The van der Waals surface area contributed by atoms with Crippen molar-refractivity contribution in [2.75, 3.05) is 12.8 Å². The number of pyridine rings is 1. The quantitative estimate of drug-likeness (QED) is 0.854. The number of aryl methyl sites for hydroxylation is 1. The summed E-state index contributed by atoms with van der Waals surface area (Å²) in [7, 11) is 1.31. The minimum absolute atomic E-state index is 0.190. The number of ether oxygens (including phenoxy) is 1. The number of nitrogen functional groups attached to an aromatic ring is 1. The maximum Gasteiger partial charge on any atom is 0.356 e. The van der Waals surface area contributed by atoms with Crippen molar-refractivity contribution in [1.29, 1.82) is 0 Å². The molecule has 0 unspecified atom stereocenters. The Bertz CT molecular complexity index is 651. The van der Waals surface area contributed by atoms with Gasteiger partial charge in [0, 0.05) is 0 Å². The third-order valence-electron chi connectivity index (χ3n) is 2.70. The van der Waals surface area contributed by atoms with E-state index in [1.54, 1.807) is 10.7 Å². The Morgan fingerprint density at radius 2 is 2.11 bits per heavy atom. The van der Waals surface area contributed by atoms with Crippen LogP contribution in [0.2, 0.25) is 0 Å². The Hall–Kier alpha value is -1.89. The van der Waals surface area contributed by atoms with Crippen LogP contribution < -0.4 is 5.73 Å². The van der Waals surface area contributed by atoms with Gasteiger partial charge in [0.2, 0.25) is 0 Å². The number of hydrogen-bond acceptors (Lipinski definition) is 5. The van der Waals surface area contributed by atoms with Gasteiger partial charge in [-0.3, -0.25) is 0 Å². The van der Waals surface area contributed by atoms with Crippen LogP contribution in [0.15, 0.2) is 16.6 Å². The molecule has 0 spiro atoms. The number of nitrogens with zero attached hydrogens (tertiary/aromatic N) is 3. The van der Waals surface area contributed by atoms with Gasteiger partial charge >= 0.3 is 5.97 Å². The normalized spacial score (nSPS) is 10.5. The molecule has 2 rings (SSSR count). The van der Waals surface area contributed by atoms with Gasteiger partial charge in [0.15, 0.2) is 11.5 Å². The molecule has 6 nitrogen and oxygen atoms in total. The second-order valence-electron chi connectivity index (χ2n) is 4.00. The molecule has 0 aliphatic heterocycles. The summed E-state index contributed by atoms with van der Waals surface area (Å²) in [5.41, 5.74) is 8.21. The number of nitrogens with two attached hydrogens (primary N) is 1. The fourth-order valence-electron chi connectivity index (χ4n) is 1.68. The average molecular weight is 325 g/mol. The first kappa shape index (κ1) is 13.5. The van der Waals surface area contributed by atoms with E-state index in [0.29, 0.717) is 11.5 Å². The lowest BCUT2D eigenvalue weighted by Gasteiger charge is -2.08. The number of halogens is 1. The fraction of sp³-hybridized carbons (Fsp3) is 0.250. The Balaban J connectivity index is 2.61. The molecule has 0 saturated heterocycles. The summed E-state index contributed by atoms with van der Waals surface area (Å²) < 4.78 is 7.13. The zero-order valence-electron chi connectivity index (χ0n) is 10.8. The van der Waals surface area contributed by atoms with Crippen LogP contribution in [-0.4, -0.2) is 27.8 Å². The molecule has 0 saturated carbocycles. The third kappa shape index (κ3) is 2.33. The SMILES string of the molecule is COC(=O)c1ccc(N)c(-n2nc(C)c(Br)c2C)n1. The van der Waals surface area contributed by atoms with Crippen LogP contribution in [0.25, 0.3) is 5.82 Å². The second kappa shape index (κ2) is 5.00. The summed E-state index contributed by atoms with van der Waals surface area (Å²) in [6.07, 6.45) is 0. The number of hydrogen-bond donors (Lipinski definition) is 1. The number of carbonyl (C=O) groups is 1. The van der Waals surface area contributed by atoms with Crippen molar-refractivity contribution >= 4 is 27.6 Å². The molecule has 0 atom stereocenters. The molecular formula is C12H13BrN4O2. The zero-order chi connectivity index (χ0) is 14.2. The maximum absolute atomic E-state index is 11.5. The van der Waals surface area contributed by atoms with Crippen molar-refractivity contribution in [3.05, 3.63) is 33.7 Å². The van der Waals surface area contributed by atoms with Crippen LogP contribution in [0.1, 0.15) is 21.9 Å². The van der Waals surface area contributed by atoms with E-state index in [9.17, 15) is 4.79 Å². The van der Waals surface area contributed by atoms with E-state index in [0.717, 1.165) is 15.9 Å². The van der Waals surface area contributed by atoms with Gasteiger partial charge in [0.05, 0.1) is 28.7 Å². The summed E-state index contributed by atoms with van der Waals surface area (Å²) >= 11 is 3.44. The average Bonchev–Trinajstić information content (AvgIpc) is 2.66. The fourth-order valence-corrected chi connectivity index (χ4v) is 1.92. The Kier molecular flexibility index (Phi) is 3.57. The van der Waals surface area contributed by atoms with Gasteiger partial charge in [-0.1, -0.05) is 0 Å². The summed E-state index contributed by atoms with van der Waals surface area (Å²) in [5.74, 6) is -0.101. The Morgan fingerprint density at radius 3 is 2.63 bits per heavy atom. The predicted octanol–water partition coefficient (Wildman–Crippen LogP) is 2.02. The van der Waals surface area contributed by atoms with Gasteiger partial charge in [-0.05, 0) is 41.9 Å². The highest BCUT2D eigenvalue weighted by atomic mass is 79.9. The molecule has 19 heavy (non-hydrogen) atoms. The molecule has 0 amide bonds. The predicted molar refractivity (Wildman–Crippen MR) is 74.3 cm³/mol. The van der Waals surface area contributed by atoms with Gasteiger partial charge in [-0.15, -0.1) is 0 Å². The molecule has 0 aliphatic carbocycles. The van der Waals surface area contributed by atoms with Gasteiger partial charge in [0.25, 0.3) is 0 Å². The maximum atomic E-state index is 11.5. The highest BCUT2D eigenvalue weighted by Gasteiger charge is 2.16. The van der Waals surface area contributed by atoms with Crippen LogP contribution in [0.3, 0.4) is 0 Å². The van der Waals surface area contributed by atoms with E-state index < -0.39 is 5.97 Å².